The molecule has 1 aliphatic heterocycles. The highest BCUT2D eigenvalue weighted by Crippen LogP contribution is 2.27. The molecule has 1 heterocycles. The van der Waals surface area contributed by atoms with Gasteiger partial charge in [0.25, 0.3) is 5.91 Å². The highest BCUT2D eigenvalue weighted by molar-refractivity contribution is 6.01. The Kier molecular flexibility index (Phi) is 7.01. The monoisotopic (exact) mass is 382 g/mol. The lowest BCUT2D eigenvalue weighted by Crippen LogP contribution is -2.50. The smallest absolute Gasteiger partial charge is 0.260 e. The molecule has 1 aliphatic rings. The highest BCUT2D eigenvalue weighted by Gasteiger charge is 2.21. The molecule has 150 valence electrons. The van der Waals surface area contributed by atoms with Gasteiger partial charge in [-0.3, -0.25) is 9.69 Å². The number of rotatable bonds is 8. The van der Waals surface area contributed by atoms with Gasteiger partial charge in [-0.05, 0) is 51.1 Å². The number of hydrogen-bond acceptors (Lipinski definition) is 5. The number of hydrogen-bond donors (Lipinski definition) is 1. The van der Waals surface area contributed by atoms with E-state index in [0.717, 1.165) is 62.0 Å². The molecular weight excluding hydrogens is 352 g/mol. The normalized spacial score (nSPS) is 15.2. The van der Waals surface area contributed by atoms with E-state index in [-0.39, 0.29) is 12.5 Å². The largest absolute Gasteiger partial charge is 0.483 e. The molecule has 0 aliphatic carbocycles. The molecule has 1 fully saturated rings. The molecule has 28 heavy (non-hydrogen) atoms. The second-order valence-electron chi connectivity index (χ2n) is 7.51. The summed E-state index contributed by atoms with van der Waals surface area (Å²) < 4.78 is 5.87. The zero-order chi connectivity index (χ0) is 19.9. The molecule has 0 unspecified atom stereocenters. The van der Waals surface area contributed by atoms with Gasteiger partial charge in [0.05, 0.1) is 0 Å². The van der Waals surface area contributed by atoms with Gasteiger partial charge in [-0.2, -0.15) is 0 Å². The van der Waals surface area contributed by atoms with Crippen molar-refractivity contribution in [1.82, 2.24) is 14.7 Å². The first-order chi connectivity index (χ1) is 13.6. The molecule has 0 aromatic heterocycles. The molecule has 2 aromatic carbocycles. The van der Waals surface area contributed by atoms with Crippen molar-refractivity contribution in [3.05, 3.63) is 42.0 Å². The molecule has 6 nitrogen and oxygen atoms in total. The van der Waals surface area contributed by atoms with Crippen LogP contribution in [0.25, 0.3) is 10.8 Å². The van der Waals surface area contributed by atoms with Crippen LogP contribution in [0.4, 0.5) is 0 Å². The molecule has 0 bridgehead atoms. The number of carbonyl (C=O) groups is 1. The van der Waals surface area contributed by atoms with Gasteiger partial charge >= 0.3 is 0 Å². The summed E-state index contributed by atoms with van der Waals surface area (Å²) in [4.78, 5) is 19.1. The zero-order valence-corrected chi connectivity index (χ0v) is 16.9. The van der Waals surface area contributed by atoms with E-state index >= 15 is 0 Å². The van der Waals surface area contributed by atoms with E-state index in [1.54, 1.807) is 0 Å². The Morgan fingerprint density at radius 2 is 1.82 bits per heavy atom. The Bertz CT molecular complexity index is 813. The summed E-state index contributed by atoms with van der Waals surface area (Å²) >= 11 is 0. The molecule has 2 aromatic rings. The first kappa shape index (κ1) is 20.3. The lowest BCUT2D eigenvalue weighted by Gasteiger charge is -2.34. The number of fused-ring (bicyclic) bond motifs is 1. The zero-order valence-electron chi connectivity index (χ0n) is 16.9. The van der Waals surface area contributed by atoms with Crippen LogP contribution in [-0.4, -0.2) is 86.8 Å². The minimum atomic E-state index is 0.0353. The molecule has 0 radical (unpaired) electrons. The van der Waals surface area contributed by atoms with Crippen LogP contribution >= 0.6 is 0 Å². The molecule has 3 rings (SSSR count). The number of piperazine rings is 1. The van der Waals surface area contributed by atoms with Gasteiger partial charge < -0.3 is 19.9 Å². The summed E-state index contributed by atoms with van der Waals surface area (Å²) in [5.74, 6) is 0.727. The number of carbonyl (C=O) groups excluding carboxylic acids is 1. The van der Waals surface area contributed by atoms with Gasteiger partial charge in [0.2, 0.25) is 0 Å². The summed E-state index contributed by atoms with van der Waals surface area (Å²) in [7, 11) is 4.19. The third kappa shape index (κ3) is 5.09. The first-order valence-electron chi connectivity index (χ1n) is 9.88. The topological polar surface area (TPSA) is 59.9 Å². The molecule has 6 heteroatoms. The van der Waals surface area contributed by atoms with E-state index in [0.29, 0.717) is 5.75 Å². The van der Waals surface area contributed by atoms with Gasteiger partial charge in [-0.1, -0.05) is 24.3 Å². The van der Waals surface area contributed by atoms with E-state index in [9.17, 15) is 4.79 Å². The molecule has 0 saturated carbocycles. The van der Waals surface area contributed by atoms with Crippen LogP contribution in [0.15, 0.2) is 36.4 Å². The predicted molar refractivity (Wildman–Crippen MR) is 114 cm³/mol. The number of nitrogens with one attached hydrogen (secondary N) is 1. The Hall–Kier alpha value is -2.44. The molecule has 0 atom stereocenters. The summed E-state index contributed by atoms with van der Waals surface area (Å²) in [6.45, 7) is 5.61. The van der Waals surface area contributed by atoms with Crippen LogP contribution in [0.1, 0.15) is 12.0 Å². The van der Waals surface area contributed by atoms with Crippen molar-refractivity contribution in [3.63, 3.8) is 0 Å². The van der Waals surface area contributed by atoms with Crippen molar-refractivity contribution in [3.8, 4) is 5.75 Å². The third-order valence-electron chi connectivity index (χ3n) is 5.23. The Morgan fingerprint density at radius 3 is 2.50 bits per heavy atom. The van der Waals surface area contributed by atoms with Crippen molar-refractivity contribution in [2.45, 2.75) is 6.42 Å². The van der Waals surface area contributed by atoms with Crippen LogP contribution in [0.2, 0.25) is 0 Å². The summed E-state index contributed by atoms with van der Waals surface area (Å²) in [6.07, 6.45) is 2.50. The average molecular weight is 383 g/mol. The number of amides is 1. The fraction of sp³-hybridized carbons (Fsp3) is 0.455. The summed E-state index contributed by atoms with van der Waals surface area (Å²) in [5.41, 5.74) is 0.847. The third-order valence-corrected chi connectivity index (χ3v) is 5.23. The highest BCUT2D eigenvalue weighted by atomic mass is 16.5. The van der Waals surface area contributed by atoms with E-state index in [1.807, 2.05) is 41.3 Å². The Labute approximate surface area is 167 Å². The lowest BCUT2D eigenvalue weighted by atomic mass is 10.0. The standard InChI is InChI=1S/C22H30N4O2/c1-24(2)10-5-11-25-12-14-26(15-13-25)22(27)17-28-21-9-8-18(16-23)19-6-3-4-7-20(19)21/h3-4,6-9,16,23H,5,10-15,17H2,1-2H3. The summed E-state index contributed by atoms with van der Waals surface area (Å²) in [6, 6.07) is 11.5. The number of benzene rings is 2. The molecule has 1 amide bonds. The van der Waals surface area contributed by atoms with E-state index in [2.05, 4.69) is 23.9 Å². The van der Waals surface area contributed by atoms with E-state index in [4.69, 9.17) is 10.1 Å². The quantitative estimate of drug-likeness (QED) is 0.712. The lowest BCUT2D eigenvalue weighted by molar-refractivity contribution is -0.135. The predicted octanol–water partition coefficient (Wildman–Crippen LogP) is 2.31. The van der Waals surface area contributed by atoms with Gasteiger partial charge in [-0.25, -0.2) is 0 Å². The maximum atomic E-state index is 12.6. The second kappa shape index (κ2) is 9.66. The Morgan fingerprint density at radius 1 is 1.11 bits per heavy atom. The minimum absolute atomic E-state index is 0.0353. The van der Waals surface area contributed by atoms with Crippen molar-refractivity contribution in [1.29, 1.82) is 5.41 Å². The summed E-state index contributed by atoms with van der Waals surface area (Å²) in [5, 5.41) is 9.45. The Balaban J connectivity index is 1.52. The second-order valence-corrected chi connectivity index (χ2v) is 7.51. The van der Waals surface area contributed by atoms with Gasteiger partial charge in [0.15, 0.2) is 6.61 Å². The molecule has 1 saturated heterocycles. The van der Waals surface area contributed by atoms with E-state index < -0.39 is 0 Å². The molecule has 0 spiro atoms. The van der Waals surface area contributed by atoms with Crippen molar-refractivity contribution in [2.24, 2.45) is 0 Å². The van der Waals surface area contributed by atoms with E-state index in [1.165, 1.54) is 6.21 Å². The fourth-order valence-electron chi connectivity index (χ4n) is 3.61. The number of nitrogens with zero attached hydrogens (tertiary/aromatic N) is 3. The average Bonchev–Trinajstić information content (AvgIpc) is 2.72. The first-order valence-corrected chi connectivity index (χ1v) is 9.88. The van der Waals surface area contributed by atoms with Crippen molar-refractivity contribution < 1.29 is 9.53 Å². The molecule has 1 N–H and O–H groups in total. The van der Waals surface area contributed by atoms with Gasteiger partial charge in [0.1, 0.15) is 5.75 Å². The fourth-order valence-corrected chi connectivity index (χ4v) is 3.61. The van der Waals surface area contributed by atoms with Crippen LogP contribution in [0.5, 0.6) is 5.75 Å². The van der Waals surface area contributed by atoms with Crippen LogP contribution in [0.3, 0.4) is 0 Å². The van der Waals surface area contributed by atoms with Crippen LogP contribution in [0, 0.1) is 5.41 Å². The SMILES string of the molecule is CN(C)CCCN1CCN(C(=O)COc2ccc(C=N)c3ccccc23)CC1. The van der Waals surface area contributed by atoms with Crippen LogP contribution < -0.4 is 4.74 Å². The molecular formula is C22H30N4O2. The maximum Gasteiger partial charge on any atom is 0.260 e. The van der Waals surface area contributed by atoms with Crippen molar-refractivity contribution >= 4 is 22.9 Å². The maximum absolute atomic E-state index is 12.6. The van der Waals surface area contributed by atoms with Crippen LogP contribution in [-0.2, 0) is 4.79 Å². The number of ether oxygens (including phenoxy) is 1. The van der Waals surface area contributed by atoms with Gasteiger partial charge in [-0.15, -0.1) is 0 Å². The van der Waals surface area contributed by atoms with Crippen molar-refractivity contribution in [2.75, 3.05) is 60.0 Å². The van der Waals surface area contributed by atoms with Gasteiger partial charge in [0, 0.05) is 43.3 Å². The minimum Gasteiger partial charge on any atom is -0.483 e.